The van der Waals surface area contributed by atoms with Crippen molar-refractivity contribution in [2.24, 2.45) is 0 Å². The van der Waals surface area contributed by atoms with E-state index < -0.39 is 5.97 Å². The van der Waals surface area contributed by atoms with Gasteiger partial charge in [-0.1, -0.05) is 12.1 Å². The number of carboxylic acid groups (broad SMARTS) is 1. The van der Waals surface area contributed by atoms with Gasteiger partial charge >= 0.3 is 5.97 Å². The lowest BCUT2D eigenvalue weighted by atomic mass is 10.1. The van der Waals surface area contributed by atoms with Crippen LogP contribution in [0.1, 0.15) is 27.3 Å². The van der Waals surface area contributed by atoms with Gasteiger partial charge in [-0.15, -0.1) is 0 Å². The molecule has 94 valence electrons. The smallest absolute Gasteiger partial charge is 0.357 e. The normalized spacial score (nSPS) is 10.7. The van der Waals surface area contributed by atoms with Crippen LogP contribution in [0, 0.1) is 24.3 Å². The van der Waals surface area contributed by atoms with Gasteiger partial charge in [0.05, 0.1) is 15.0 Å². The van der Waals surface area contributed by atoms with Crippen molar-refractivity contribution < 1.29 is 9.90 Å². The molecule has 0 unspecified atom stereocenters. The van der Waals surface area contributed by atoms with E-state index in [-0.39, 0.29) is 5.69 Å². The number of hydrogen-bond donors (Lipinski definition) is 1. The predicted octanol–water partition coefficient (Wildman–Crippen LogP) is 3.10. The second-order valence-electron chi connectivity index (χ2n) is 4.25. The fourth-order valence-electron chi connectivity index (χ4n) is 1.80. The maximum absolute atomic E-state index is 11.1. The molecular weight excluding hydrogens is 343 g/mol. The molecule has 2 aromatic rings. The quantitative estimate of drug-likeness (QED) is 0.842. The molecule has 5 heteroatoms. The van der Waals surface area contributed by atoms with Crippen molar-refractivity contribution >= 4 is 28.6 Å². The number of aromatic carboxylic acids is 1. The number of hydrogen-bond acceptors (Lipinski definition) is 2. The molecule has 1 aromatic heterocycles. The highest BCUT2D eigenvalue weighted by molar-refractivity contribution is 14.1. The highest BCUT2D eigenvalue weighted by Crippen LogP contribution is 2.22. The van der Waals surface area contributed by atoms with Gasteiger partial charge in [0.2, 0.25) is 0 Å². The van der Waals surface area contributed by atoms with Crippen molar-refractivity contribution in [2.45, 2.75) is 20.8 Å². The summed E-state index contributed by atoms with van der Waals surface area (Å²) >= 11 is 2.02. The topological polar surface area (TPSA) is 55.1 Å². The predicted molar refractivity (Wildman–Crippen MR) is 77.5 cm³/mol. The summed E-state index contributed by atoms with van der Waals surface area (Å²) in [4.78, 5) is 11.1. The van der Waals surface area contributed by atoms with E-state index in [2.05, 4.69) is 5.10 Å². The Bertz CT molecular complexity index is 632. The Morgan fingerprint density at radius 2 is 2.00 bits per heavy atom. The third-order valence-corrected chi connectivity index (χ3v) is 4.13. The van der Waals surface area contributed by atoms with Crippen LogP contribution in [0.3, 0.4) is 0 Å². The second-order valence-corrected chi connectivity index (χ2v) is 5.33. The van der Waals surface area contributed by atoms with E-state index in [1.807, 2.05) is 61.6 Å². The van der Waals surface area contributed by atoms with Crippen LogP contribution in [0.5, 0.6) is 0 Å². The van der Waals surface area contributed by atoms with Crippen molar-refractivity contribution in [2.75, 3.05) is 0 Å². The highest BCUT2D eigenvalue weighted by atomic mass is 127. The molecule has 0 atom stereocenters. The number of aromatic nitrogens is 2. The molecule has 0 fully saturated rings. The fourth-order valence-corrected chi connectivity index (χ4v) is 2.37. The summed E-state index contributed by atoms with van der Waals surface area (Å²) in [5, 5.41) is 13.3. The van der Waals surface area contributed by atoms with E-state index in [0.29, 0.717) is 3.57 Å². The van der Waals surface area contributed by atoms with Crippen LogP contribution in [-0.2, 0) is 0 Å². The van der Waals surface area contributed by atoms with Gasteiger partial charge in [0.25, 0.3) is 0 Å². The molecule has 1 heterocycles. The Hall–Kier alpha value is -1.37. The van der Waals surface area contributed by atoms with Crippen LogP contribution in [0.2, 0.25) is 0 Å². The Kier molecular flexibility index (Phi) is 3.43. The van der Waals surface area contributed by atoms with Gasteiger partial charge in [0.15, 0.2) is 5.69 Å². The lowest BCUT2D eigenvalue weighted by molar-refractivity contribution is 0.0689. The zero-order valence-electron chi connectivity index (χ0n) is 10.4. The first-order valence-corrected chi connectivity index (χ1v) is 6.55. The summed E-state index contributed by atoms with van der Waals surface area (Å²) in [6, 6.07) is 6.05. The monoisotopic (exact) mass is 356 g/mol. The van der Waals surface area contributed by atoms with Gasteiger partial charge in [-0.2, -0.15) is 5.10 Å². The Balaban J connectivity index is 2.68. The summed E-state index contributed by atoms with van der Waals surface area (Å²) in [6.07, 6.45) is 0. The first-order chi connectivity index (χ1) is 8.41. The number of aryl methyl sites for hydroxylation is 2. The van der Waals surface area contributed by atoms with Gasteiger partial charge in [-0.3, -0.25) is 0 Å². The van der Waals surface area contributed by atoms with E-state index in [9.17, 15) is 4.79 Å². The van der Waals surface area contributed by atoms with Crippen LogP contribution >= 0.6 is 22.6 Å². The molecule has 0 aliphatic heterocycles. The summed E-state index contributed by atoms with van der Waals surface area (Å²) in [5.74, 6) is -0.994. The highest BCUT2D eigenvalue weighted by Gasteiger charge is 2.19. The van der Waals surface area contributed by atoms with E-state index >= 15 is 0 Å². The first-order valence-electron chi connectivity index (χ1n) is 5.48. The molecule has 18 heavy (non-hydrogen) atoms. The summed E-state index contributed by atoms with van der Waals surface area (Å²) < 4.78 is 2.38. The zero-order valence-corrected chi connectivity index (χ0v) is 12.5. The van der Waals surface area contributed by atoms with E-state index in [4.69, 9.17) is 5.11 Å². The molecule has 0 radical (unpaired) electrons. The van der Waals surface area contributed by atoms with E-state index in [0.717, 1.165) is 22.5 Å². The average Bonchev–Trinajstić information content (AvgIpc) is 2.60. The maximum atomic E-state index is 11.1. The minimum absolute atomic E-state index is 0.106. The molecule has 0 amide bonds. The lowest BCUT2D eigenvalue weighted by Gasteiger charge is -2.09. The van der Waals surface area contributed by atoms with E-state index in [1.54, 1.807) is 4.68 Å². The summed E-state index contributed by atoms with van der Waals surface area (Å²) in [6.45, 7) is 5.87. The molecule has 1 aromatic carbocycles. The standard InChI is InChI=1S/C13H13IN2O2/c1-7-4-5-8(2)10(6-7)16-9(3)11(14)12(15-16)13(17)18/h4-6H,1-3H3,(H,17,18). The molecule has 0 spiro atoms. The van der Waals surface area contributed by atoms with Crippen LogP contribution in [0.4, 0.5) is 0 Å². The Labute approximate surface area is 119 Å². The largest absolute Gasteiger partial charge is 0.476 e. The van der Waals surface area contributed by atoms with Crippen molar-refractivity contribution in [3.05, 3.63) is 44.3 Å². The fraction of sp³-hybridized carbons (Fsp3) is 0.231. The van der Waals surface area contributed by atoms with Crippen molar-refractivity contribution in [1.29, 1.82) is 0 Å². The van der Waals surface area contributed by atoms with Crippen molar-refractivity contribution in [1.82, 2.24) is 9.78 Å². The van der Waals surface area contributed by atoms with E-state index in [1.165, 1.54) is 0 Å². The Morgan fingerprint density at radius 1 is 1.33 bits per heavy atom. The first kappa shape index (κ1) is 13.1. The molecule has 0 saturated carbocycles. The number of carboxylic acids is 1. The average molecular weight is 356 g/mol. The van der Waals surface area contributed by atoms with Gasteiger partial charge in [0, 0.05) is 0 Å². The number of rotatable bonds is 2. The molecule has 2 rings (SSSR count). The maximum Gasteiger partial charge on any atom is 0.357 e. The molecule has 0 aliphatic rings. The van der Waals surface area contributed by atoms with Crippen LogP contribution < -0.4 is 0 Å². The Morgan fingerprint density at radius 3 is 2.56 bits per heavy atom. The van der Waals surface area contributed by atoms with Gasteiger partial charge in [-0.05, 0) is 60.6 Å². The molecule has 4 nitrogen and oxygen atoms in total. The third-order valence-electron chi connectivity index (χ3n) is 2.84. The number of benzene rings is 1. The molecule has 0 bridgehead atoms. The SMILES string of the molecule is Cc1ccc(C)c(-n2nc(C(=O)O)c(I)c2C)c1. The molecule has 0 saturated heterocycles. The second kappa shape index (κ2) is 4.72. The third kappa shape index (κ3) is 2.14. The summed E-state index contributed by atoms with van der Waals surface area (Å²) in [5.41, 5.74) is 4.07. The van der Waals surface area contributed by atoms with Gasteiger partial charge < -0.3 is 5.11 Å². The van der Waals surface area contributed by atoms with Crippen molar-refractivity contribution in [3.8, 4) is 5.69 Å². The zero-order chi connectivity index (χ0) is 13.4. The van der Waals surface area contributed by atoms with Gasteiger partial charge in [-0.25, -0.2) is 9.48 Å². The van der Waals surface area contributed by atoms with Gasteiger partial charge in [0.1, 0.15) is 0 Å². The molecule has 1 N–H and O–H groups in total. The minimum atomic E-state index is -0.994. The van der Waals surface area contributed by atoms with Crippen LogP contribution in [-0.4, -0.2) is 20.9 Å². The van der Waals surface area contributed by atoms with Crippen molar-refractivity contribution in [3.63, 3.8) is 0 Å². The lowest BCUT2D eigenvalue weighted by Crippen LogP contribution is -2.04. The number of carbonyl (C=O) groups is 1. The number of nitrogens with zero attached hydrogens (tertiary/aromatic N) is 2. The minimum Gasteiger partial charge on any atom is -0.476 e. The number of halogens is 1. The molecular formula is C13H13IN2O2. The summed E-state index contributed by atoms with van der Waals surface area (Å²) in [7, 11) is 0. The van der Waals surface area contributed by atoms with Crippen LogP contribution in [0.15, 0.2) is 18.2 Å². The van der Waals surface area contributed by atoms with Crippen LogP contribution in [0.25, 0.3) is 5.69 Å². The molecule has 0 aliphatic carbocycles.